The molecule has 0 fully saturated rings. The number of hydrogen-bond donors (Lipinski definition) is 4. The number of anilines is 2. The van der Waals surface area contributed by atoms with E-state index in [1.807, 2.05) is 113 Å². The van der Waals surface area contributed by atoms with Crippen LogP contribution in [0.3, 0.4) is 0 Å². The molecule has 0 saturated heterocycles. The molecule has 2 heterocycles. The molecule has 0 aliphatic carbocycles. The molecule has 4 aromatic rings. The molecule has 11 nitrogen and oxygen atoms in total. The minimum atomic E-state index is -4.41. The van der Waals surface area contributed by atoms with Crippen LogP contribution in [0.4, 0.5) is 17.1 Å². The Hall–Kier alpha value is -5.47. The Morgan fingerprint density at radius 2 is 1.56 bits per heavy atom. The van der Waals surface area contributed by atoms with Crippen LogP contribution in [-0.2, 0) is 48.2 Å². The molecule has 4 aromatic carbocycles. The van der Waals surface area contributed by atoms with Gasteiger partial charge in [0.1, 0.15) is 6.54 Å². The highest BCUT2D eigenvalue weighted by molar-refractivity contribution is 7.85. The first kappa shape index (κ1) is 46.0. The first-order chi connectivity index (χ1) is 29.4. The number of benzene rings is 4. The summed E-state index contributed by atoms with van der Waals surface area (Å²) in [6, 6.07) is 25.8. The SMILES string of the molecule is Cc1ccccc1CN(C(=O)CCNC(=O)CCCCC[N+]1=C(/C=C/C=C/C=C2\Nc3ccc(S(=O)O)cc3C2(C)C)C(C)(C)c2cc(S(=O)(=O)O)ccc21)c1ccccc1C. The largest absolute Gasteiger partial charge is 0.358 e. The van der Waals surface area contributed by atoms with Gasteiger partial charge in [-0.15, -0.1) is 0 Å². The van der Waals surface area contributed by atoms with Crippen LogP contribution in [0, 0.1) is 13.8 Å². The summed E-state index contributed by atoms with van der Waals surface area (Å²) in [6.07, 6.45) is 12.5. The second kappa shape index (κ2) is 19.3. The summed E-state index contributed by atoms with van der Waals surface area (Å²) in [4.78, 5) is 28.5. The molecule has 2 aliphatic rings. The van der Waals surface area contributed by atoms with Crippen LogP contribution in [-0.4, -0.2) is 56.9 Å². The van der Waals surface area contributed by atoms with E-state index in [0.717, 1.165) is 69.1 Å². The Balaban J connectivity index is 1.07. The van der Waals surface area contributed by atoms with Gasteiger partial charge in [0, 0.05) is 66.0 Å². The monoisotopic (exact) mass is 877 g/mol. The van der Waals surface area contributed by atoms with Crippen LogP contribution >= 0.6 is 0 Å². The lowest BCUT2D eigenvalue weighted by Crippen LogP contribution is -2.34. The molecule has 13 heteroatoms. The van der Waals surface area contributed by atoms with Gasteiger partial charge in [-0.3, -0.25) is 14.1 Å². The normalized spacial score (nSPS) is 16.4. The van der Waals surface area contributed by atoms with Gasteiger partial charge < -0.3 is 20.1 Å². The van der Waals surface area contributed by atoms with E-state index in [1.54, 1.807) is 29.2 Å². The number of nitrogens with one attached hydrogen (secondary N) is 2. The molecule has 6 rings (SSSR count). The van der Waals surface area contributed by atoms with Crippen LogP contribution in [0.2, 0.25) is 0 Å². The average Bonchev–Trinajstić information content (AvgIpc) is 3.60. The topological polar surface area (TPSA) is 156 Å². The highest BCUT2D eigenvalue weighted by Crippen LogP contribution is 2.44. The molecule has 0 aromatic heterocycles. The maximum absolute atomic E-state index is 13.6. The summed E-state index contributed by atoms with van der Waals surface area (Å²) in [5, 5.41) is 6.37. The number of nitrogens with zero attached hydrogens (tertiary/aromatic N) is 2. The first-order valence-electron chi connectivity index (χ1n) is 20.9. The van der Waals surface area contributed by atoms with Gasteiger partial charge in [0.25, 0.3) is 10.1 Å². The maximum Gasteiger partial charge on any atom is 0.294 e. The third-order valence-corrected chi connectivity index (χ3v) is 13.5. The minimum Gasteiger partial charge on any atom is -0.358 e. The van der Waals surface area contributed by atoms with Gasteiger partial charge in [0.05, 0.1) is 21.8 Å². The number of carbonyl (C=O) groups is 2. The molecular formula is C49H57N4O7S2+. The fraction of sp³-hybridized carbons (Fsp3) is 0.327. The van der Waals surface area contributed by atoms with E-state index in [9.17, 15) is 31.3 Å². The van der Waals surface area contributed by atoms with E-state index in [2.05, 4.69) is 29.1 Å². The van der Waals surface area contributed by atoms with Crippen LogP contribution in [0.15, 0.2) is 131 Å². The maximum atomic E-state index is 13.6. The van der Waals surface area contributed by atoms with Crippen LogP contribution < -0.4 is 15.5 Å². The number of para-hydroxylation sites is 1. The number of rotatable bonds is 17. The molecule has 4 N–H and O–H groups in total. The second-order valence-electron chi connectivity index (χ2n) is 17.0. The Labute approximate surface area is 368 Å². The van der Waals surface area contributed by atoms with Crippen molar-refractivity contribution in [3.63, 3.8) is 0 Å². The lowest BCUT2D eigenvalue weighted by atomic mass is 9.81. The highest BCUT2D eigenvalue weighted by Gasteiger charge is 2.44. The predicted molar refractivity (Wildman–Crippen MR) is 247 cm³/mol. The quantitative estimate of drug-likeness (QED) is 0.0269. The lowest BCUT2D eigenvalue weighted by Gasteiger charge is -2.25. The van der Waals surface area contributed by atoms with E-state index in [4.69, 9.17) is 0 Å². The number of amides is 2. The van der Waals surface area contributed by atoms with Gasteiger partial charge in [0.2, 0.25) is 17.5 Å². The van der Waals surface area contributed by atoms with Crippen molar-refractivity contribution >= 4 is 55.8 Å². The fourth-order valence-corrected chi connectivity index (χ4v) is 9.18. The van der Waals surface area contributed by atoms with Crippen LogP contribution in [0.5, 0.6) is 0 Å². The lowest BCUT2D eigenvalue weighted by molar-refractivity contribution is -0.438. The average molecular weight is 878 g/mol. The number of fused-ring (bicyclic) bond motifs is 2. The standard InChI is InChI=1S/C49H56N4O7S2/c1-34-17-12-14-19-36(34)33-53(42-20-15-13-18-35(42)2)47(55)28-29-50-46(54)23-11-8-16-30-52-43-27-25-38(62(58,59)60)32-40(43)49(5,6)45(52)22-10-7-9-21-44-48(3,4)39-31-37(61(56)57)24-26-41(39)51-44/h7,9-10,12-15,17-22,24-27,31-32H,8,11,16,23,28-30,33H2,1-6H3,(H3,50,54,56,57,58,59,60)/p+1. The number of aryl methyl sites for hydroxylation is 2. The van der Waals surface area contributed by atoms with E-state index < -0.39 is 32.0 Å². The molecule has 1 atom stereocenters. The summed E-state index contributed by atoms with van der Waals surface area (Å²) < 4.78 is 57.6. The molecule has 326 valence electrons. The van der Waals surface area contributed by atoms with Gasteiger partial charge in [-0.25, -0.2) is 4.21 Å². The molecule has 0 spiro atoms. The van der Waals surface area contributed by atoms with Gasteiger partial charge >= 0.3 is 0 Å². The van der Waals surface area contributed by atoms with E-state index in [1.165, 1.54) is 6.07 Å². The van der Waals surface area contributed by atoms with E-state index >= 15 is 0 Å². The Morgan fingerprint density at radius 3 is 2.27 bits per heavy atom. The van der Waals surface area contributed by atoms with Gasteiger partial charge in [-0.05, 0) is 105 Å². The van der Waals surface area contributed by atoms with Crippen molar-refractivity contribution in [2.45, 2.75) is 101 Å². The smallest absolute Gasteiger partial charge is 0.294 e. The summed E-state index contributed by atoms with van der Waals surface area (Å²) >= 11 is -2.07. The summed E-state index contributed by atoms with van der Waals surface area (Å²) in [5.74, 6) is -0.166. The molecular weight excluding hydrogens is 821 g/mol. The molecule has 2 amide bonds. The molecule has 0 radical (unpaired) electrons. The van der Waals surface area contributed by atoms with Crippen molar-refractivity contribution in [3.05, 3.63) is 149 Å². The molecule has 0 saturated carbocycles. The Morgan fingerprint density at radius 1 is 0.839 bits per heavy atom. The third-order valence-electron chi connectivity index (χ3n) is 12.0. The summed E-state index contributed by atoms with van der Waals surface area (Å²) in [7, 11) is -4.41. The Kier molecular flexibility index (Phi) is 14.3. The van der Waals surface area contributed by atoms with E-state index in [-0.39, 0.29) is 29.7 Å². The van der Waals surface area contributed by atoms with Crippen molar-refractivity contribution in [2.75, 3.05) is 23.3 Å². The van der Waals surface area contributed by atoms with Gasteiger partial charge in [0.15, 0.2) is 16.8 Å². The third kappa shape index (κ3) is 10.4. The number of unbranched alkanes of at least 4 members (excludes halogenated alkanes) is 2. The zero-order valence-corrected chi connectivity index (χ0v) is 37.9. The first-order valence-corrected chi connectivity index (χ1v) is 23.5. The van der Waals surface area contributed by atoms with Crippen LogP contribution in [0.25, 0.3) is 0 Å². The summed E-state index contributed by atoms with van der Waals surface area (Å²) in [6.45, 7) is 13.5. The second-order valence-corrected chi connectivity index (χ2v) is 19.3. The van der Waals surface area contributed by atoms with Crippen molar-refractivity contribution in [1.82, 2.24) is 5.32 Å². The van der Waals surface area contributed by atoms with Crippen LogP contribution in [0.1, 0.15) is 87.6 Å². The Bertz CT molecular complexity index is 2630. The molecule has 2 aliphatic heterocycles. The minimum absolute atomic E-state index is 0.0618. The molecule has 0 bridgehead atoms. The number of allylic oxidation sites excluding steroid dienone is 6. The van der Waals surface area contributed by atoms with Crippen molar-refractivity contribution < 1.29 is 35.9 Å². The van der Waals surface area contributed by atoms with Gasteiger partial charge in [-0.1, -0.05) is 74.5 Å². The zero-order chi connectivity index (χ0) is 44.8. The highest BCUT2D eigenvalue weighted by atomic mass is 32.2. The number of hydrogen-bond acceptors (Lipinski definition) is 6. The zero-order valence-electron chi connectivity index (χ0n) is 36.3. The van der Waals surface area contributed by atoms with Crippen molar-refractivity contribution in [3.8, 4) is 0 Å². The number of carbonyl (C=O) groups excluding carboxylic acids is 2. The molecule has 62 heavy (non-hydrogen) atoms. The fourth-order valence-electron chi connectivity index (χ4n) is 8.27. The predicted octanol–water partition coefficient (Wildman–Crippen LogP) is 9.21. The van der Waals surface area contributed by atoms with Crippen molar-refractivity contribution in [1.29, 1.82) is 0 Å². The van der Waals surface area contributed by atoms with Crippen molar-refractivity contribution in [2.24, 2.45) is 0 Å². The van der Waals surface area contributed by atoms with E-state index in [0.29, 0.717) is 30.8 Å². The molecule has 1 unspecified atom stereocenters. The summed E-state index contributed by atoms with van der Waals surface area (Å²) in [5.41, 5.74) is 8.41. The van der Waals surface area contributed by atoms with Gasteiger partial charge in [-0.2, -0.15) is 13.0 Å².